The molecule has 64 valence electrons. The van der Waals surface area contributed by atoms with Crippen molar-refractivity contribution in [1.29, 1.82) is 0 Å². The second-order valence-electron chi connectivity index (χ2n) is 2.28. The van der Waals surface area contributed by atoms with Gasteiger partial charge >= 0.3 is 5.97 Å². The maximum atomic E-state index is 11.2. The third-order valence-electron chi connectivity index (χ3n) is 1.57. The van der Waals surface area contributed by atoms with Gasteiger partial charge in [-0.15, -0.1) is 0 Å². The Bertz CT molecular complexity index is 284. The topological polar surface area (TPSA) is 26.3 Å². The number of hydrogen-bond donors (Lipinski definition) is 0. The number of carbonyl (C=O) groups is 1. The number of ether oxygens (including phenoxy) is 1. The van der Waals surface area contributed by atoms with Gasteiger partial charge in [-0.05, 0) is 11.6 Å². The minimum Gasteiger partial charge on any atom is -0.465 e. The number of methoxy groups -OCH3 is 1. The molecule has 0 bridgehead atoms. The van der Waals surface area contributed by atoms with E-state index in [1.54, 1.807) is 6.07 Å². The van der Waals surface area contributed by atoms with Crippen molar-refractivity contribution in [2.75, 3.05) is 7.11 Å². The maximum Gasteiger partial charge on any atom is 0.338 e. The summed E-state index contributed by atoms with van der Waals surface area (Å²) >= 11 is 2.22. The van der Waals surface area contributed by atoms with Crippen LogP contribution in [-0.2, 0) is 9.16 Å². The number of halogens is 1. The van der Waals surface area contributed by atoms with Crippen molar-refractivity contribution >= 4 is 28.6 Å². The predicted molar refractivity (Wildman–Crippen MR) is 55.5 cm³/mol. The van der Waals surface area contributed by atoms with Gasteiger partial charge in [0.1, 0.15) is 0 Å². The molecule has 2 nitrogen and oxygen atoms in total. The van der Waals surface area contributed by atoms with Crippen molar-refractivity contribution in [1.82, 2.24) is 0 Å². The van der Waals surface area contributed by atoms with Gasteiger partial charge < -0.3 is 4.74 Å². The van der Waals surface area contributed by atoms with Gasteiger partial charge in [-0.1, -0.05) is 40.8 Å². The summed E-state index contributed by atoms with van der Waals surface area (Å²) in [6, 6.07) is 7.46. The Morgan fingerprint density at radius 3 is 2.75 bits per heavy atom. The summed E-state index contributed by atoms with van der Waals surface area (Å²) in [6.07, 6.45) is 0. The lowest BCUT2D eigenvalue weighted by Gasteiger charge is -2.03. The average Bonchev–Trinajstić information content (AvgIpc) is 2.16. The zero-order valence-electron chi connectivity index (χ0n) is 6.71. The van der Waals surface area contributed by atoms with Gasteiger partial charge in [0.05, 0.1) is 12.7 Å². The van der Waals surface area contributed by atoms with Crippen LogP contribution in [0, 0.1) is 0 Å². The van der Waals surface area contributed by atoms with Crippen LogP contribution < -0.4 is 0 Å². The molecule has 0 radical (unpaired) electrons. The molecule has 0 spiro atoms. The van der Waals surface area contributed by atoms with Crippen molar-refractivity contribution in [2.24, 2.45) is 0 Å². The highest BCUT2D eigenvalue weighted by Crippen LogP contribution is 2.13. The Morgan fingerprint density at radius 1 is 1.50 bits per heavy atom. The highest BCUT2D eigenvalue weighted by molar-refractivity contribution is 14.1. The van der Waals surface area contributed by atoms with Crippen LogP contribution in [0.25, 0.3) is 0 Å². The summed E-state index contributed by atoms with van der Waals surface area (Å²) in [5.41, 5.74) is 1.68. The van der Waals surface area contributed by atoms with E-state index in [9.17, 15) is 4.79 Å². The zero-order valence-corrected chi connectivity index (χ0v) is 8.87. The maximum absolute atomic E-state index is 11.2. The first-order valence-corrected chi connectivity index (χ1v) is 5.04. The number of rotatable bonds is 2. The van der Waals surface area contributed by atoms with E-state index in [1.807, 2.05) is 18.2 Å². The van der Waals surface area contributed by atoms with E-state index in [1.165, 1.54) is 7.11 Å². The summed E-state index contributed by atoms with van der Waals surface area (Å²) in [5, 5.41) is 0. The standard InChI is InChI=1S/C9H9IO2/c1-12-9(11)8-5-3-2-4-7(8)6-10/h2-5H,6H2,1H3. The molecule has 0 aliphatic heterocycles. The van der Waals surface area contributed by atoms with Crippen LogP contribution >= 0.6 is 22.6 Å². The van der Waals surface area contributed by atoms with Crippen molar-refractivity contribution in [3.05, 3.63) is 35.4 Å². The molecule has 1 aromatic rings. The fraction of sp³-hybridized carbons (Fsp3) is 0.222. The van der Waals surface area contributed by atoms with Gasteiger partial charge in [-0.2, -0.15) is 0 Å². The highest BCUT2D eigenvalue weighted by Gasteiger charge is 2.08. The third kappa shape index (κ3) is 1.97. The van der Waals surface area contributed by atoms with Gasteiger partial charge in [-0.3, -0.25) is 0 Å². The first-order valence-electron chi connectivity index (χ1n) is 3.51. The molecule has 1 rings (SSSR count). The summed E-state index contributed by atoms with van der Waals surface area (Å²) in [6.45, 7) is 0. The normalized spacial score (nSPS) is 9.50. The lowest BCUT2D eigenvalue weighted by molar-refractivity contribution is 0.0600. The summed E-state index contributed by atoms with van der Waals surface area (Å²) in [5.74, 6) is -0.262. The van der Waals surface area contributed by atoms with E-state index >= 15 is 0 Å². The van der Waals surface area contributed by atoms with Gasteiger partial charge in [0.25, 0.3) is 0 Å². The fourth-order valence-corrected chi connectivity index (χ4v) is 1.61. The lowest BCUT2D eigenvalue weighted by atomic mass is 10.1. The van der Waals surface area contributed by atoms with Gasteiger partial charge in [-0.25, -0.2) is 4.79 Å². The van der Waals surface area contributed by atoms with Crippen molar-refractivity contribution in [2.45, 2.75) is 4.43 Å². The molecule has 0 fully saturated rings. The molecule has 1 aromatic carbocycles. The van der Waals surface area contributed by atoms with Crippen LogP contribution in [0.2, 0.25) is 0 Å². The Morgan fingerprint density at radius 2 is 2.17 bits per heavy atom. The largest absolute Gasteiger partial charge is 0.465 e. The highest BCUT2D eigenvalue weighted by atomic mass is 127. The lowest BCUT2D eigenvalue weighted by Crippen LogP contribution is -2.03. The van der Waals surface area contributed by atoms with Crippen LogP contribution in [-0.4, -0.2) is 13.1 Å². The Labute approximate surface area is 85.1 Å². The second kappa shape index (κ2) is 4.45. The number of alkyl halides is 1. The predicted octanol–water partition coefficient (Wildman–Crippen LogP) is 2.41. The van der Waals surface area contributed by atoms with Crippen molar-refractivity contribution < 1.29 is 9.53 Å². The molecule has 0 saturated heterocycles. The van der Waals surface area contributed by atoms with Crippen LogP contribution in [0.3, 0.4) is 0 Å². The minimum atomic E-state index is -0.262. The molecule has 0 aliphatic rings. The van der Waals surface area contributed by atoms with E-state index in [4.69, 9.17) is 0 Å². The Balaban J connectivity index is 3.04. The number of carbonyl (C=O) groups excluding carboxylic acids is 1. The molecule has 3 heteroatoms. The number of benzene rings is 1. The van der Waals surface area contributed by atoms with E-state index in [0.717, 1.165) is 9.99 Å². The number of esters is 1. The first-order chi connectivity index (χ1) is 5.79. The summed E-state index contributed by atoms with van der Waals surface area (Å²) in [4.78, 5) is 11.2. The second-order valence-corrected chi connectivity index (χ2v) is 3.05. The molecule has 0 amide bonds. The van der Waals surface area contributed by atoms with Crippen LogP contribution in [0.5, 0.6) is 0 Å². The van der Waals surface area contributed by atoms with Gasteiger partial charge in [0.15, 0.2) is 0 Å². The minimum absolute atomic E-state index is 0.262. The summed E-state index contributed by atoms with van der Waals surface area (Å²) < 4.78 is 5.46. The molecular weight excluding hydrogens is 267 g/mol. The zero-order chi connectivity index (χ0) is 8.97. The molecule has 0 saturated carbocycles. The van der Waals surface area contributed by atoms with Crippen molar-refractivity contribution in [3.8, 4) is 0 Å². The van der Waals surface area contributed by atoms with E-state index in [-0.39, 0.29) is 5.97 Å². The van der Waals surface area contributed by atoms with Gasteiger partial charge in [0.2, 0.25) is 0 Å². The first kappa shape index (κ1) is 9.51. The van der Waals surface area contributed by atoms with E-state index in [0.29, 0.717) is 5.56 Å². The van der Waals surface area contributed by atoms with Crippen LogP contribution in [0.4, 0.5) is 0 Å². The number of hydrogen-bond acceptors (Lipinski definition) is 2. The molecule has 0 atom stereocenters. The smallest absolute Gasteiger partial charge is 0.338 e. The molecule has 0 heterocycles. The Kier molecular flexibility index (Phi) is 3.52. The molecule has 12 heavy (non-hydrogen) atoms. The monoisotopic (exact) mass is 276 g/mol. The molecule has 0 aliphatic carbocycles. The molecule has 0 aromatic heterocycles. The van der Waals surface area contributed by atoms with E-state index < -0.39 is 0 Å². The van der Waals surface area contributed by atoms with Crippen molar-refractivity contribution in [3.63, 3.8) is 0 Å². The quantitative estimate of drug-likeness (QED) is 0.471. The van der Waals surface area contributed by atoms with Gasteiger partial charge in [0, 0.05) is 4.43 Å². The molecule has 0 N–H and O–H groups in total. The fourth-order valence-electron chi connectivity index (χ4n) is 0.946. The SMILES string of the molecule is COC(=O)c1ccccc1CI. The average molecular weight is 276 g/mol. The summed E-state index contributed by atoms with van der Waals surface area (Å²) in [7, 11) is 1.40. The van der Waals surface area contributed by atoms with Crippen LogP contribution in [0.15, 0.2) is 24.3 Å². The molecular formula is C9H9IO2. The molecule has 0 unspecified atom stereocenters. The van der Waals surface area contributed by atoms with Crippen LogP contribution in [0.1, 0.15) is 15.9 Å². The third-order valence-corrected chi connectivity index (χ3v) is 2.39. The Hall–Kier alpha value is -0.580. The van der Waals surface area contributed by atoms with E-state index in [2.05, 4.69) is 27.3 Å².